The minimum Gasteiger partial charge on any atom is -0.247 e. The number of carbonyl (C=O) groups excluding carboxylic acids is 2. The summed E-state index contributed by atoms with van der Waals surface area (Å²) in [5.41, 5.74) is 0.236. The van der Waals surface area contributed by atoms with Gasteiger partial charge in [-0.2, -0.15) is 9.78 Å². The Kier molecular flexibility index (Phi) is 10.9. The molecule has 6 heteroatoms. The monoisotopic (exact) mass is 470 g/mol. The molecular weight excluding hydrogens is 420 g/mol. The average molecular weight is 471 g/mol. The number of carbonyl (C=O) groups is 2. The van der Waals surface area contributed by atoms with E-state index in [0.29, 0.717) is 18.8 Å². The lowest BCUT2D eigenvalue weighted by Crippen LogP contribution is -2.35. The number of unbranched alkanes of at least 4 members (excludes halogenated alkanes) is 2. The molecule has 1 aliphatic heterocycles. The third-order valence-electron chi connectivity index (χ3n) is 6.31. The molecular formula is C27H50O6. The van der Waals surface area contributed by atoms with Crippen LogP contribution in [0.4, 0.5) is 0 Å². The highest BCUT2D eigenvalue weighted by Gasteiger charge is 2.59. The molecule has 1 fully saturated rings. The van der Waals surface area contributed by atoms with E-state index < -0.39 is 17.7 Å². The smallest absolute Gasteiger partial charge is 0.247 e. The third kappa shape index (κ3) is 11.7. The number of hydrogen-bond donors (Lipinski definition) is 0. The summed E-state index contributed by atoms with van der Waals surface area (Å²) in [4.78, 5) is 45.4. The van der Waals surface area contributed by atoms with Gasteiger partial charge in [-0.15, -0.1) is 0 Å². The normalized spacial score (nSPS) is 17.1. The lowest BCUT2D eigenvalue weighted by atomic mass is 9.71. The minimum absolute atomic E-state index is 0.235. The maximum absolute atomic E-state index is 13.0. The van der Waals surface area contributed by atoms with Gasteiger partial charge in [-0.25, -0.2) is 19.4 Å². The first-order chi connectivity index (χ1) is 15.0. The van der Waals surface area contributed by atoms with E-state index in [-0.39, 0.29) is 22.2 Å². The van der Waals surface area contributed by atoms with Gasteiger partial charge in [0.05, 0.1) is 5.92 Å². The summed E-state index contributed by atoms with van der Waals surface area (Å²) in [6.07, 6.45) is 7.79. The van der Waals surface area contributed by atoms with E-state index in [1.165, 1.54) is 0 Å². The van der Waals surface area contributed by atoms with Gasteiger partial charge in [-0.1, -0.05) is 88.5 Å². The van der Waals surface area contributed by atoms with Crippen LogP contribution in [0.5, 0.6) is 0 Å². The molecule has 0 N–H and O–H groups in total. The average Bonchev–Trinajstić information content (AvgIpc) is 3.41. The molecule has 0 saturated carbocycles. The lowest BCUT2D eigenvalue weighted by molar-refractivity contribution is -0.269. The molecule has 0 amide bonds. The number of hydrogen-bond acceptors (Lipinski definition) is 6. The van der Waals surface area contributed by atoms with Crippen molar-refractivity contribution in [1.29, 1.82) is 0 Å². The van der Waals surface area contributed by atoms with Crippen LogP contribution in [0.3, 0.4) is 0 Å². The van der Waals surface area contributed by atoms with Gasteiger partial charge >= 0.3 is 17.7 Å². The Morgan fingerprint density at radius 3 is 1.76 bits per heavy atom. The maximum Gasteiger partial charge on any atom is 0.420 e. The molecule has 0 spiro atoms. The Labute approximate surface area is 202 Å². The zero-order valence-electron chi connectivity index (χ0n) is 23.0. The van der Waals surface area contributed by atoms with Crippen molar-refractivity contribution in [3.63, 3.8) is 0 Å². The standard InChI is InChI=1S/C27H50O6/c1-20(2)19-26(9,10)21(15-11-12-16-24(3,4)5)22(28)30-31-23(29)27(32-33-27)18-14-13-17-25(6,7)8/h20-21H,11-19H2,1-10H3. The molecule has 6 nitrogen and oxygen atoms in total. The molecule has 1 aliphatic rings. The van der Waals surface area contributed by atoms with Crippen LogP contribution in [0.2, 0.25) is 0 Å². The highest BCUT2D eigenvalue weighted by Crippen LogP contribution is 2.40. The summed E-state index contributed by atoms with van der Waals surface area (Å²) < 4.78 is 0. The molecule has 1 unspecified atom stereocenters. The molecule has 194 valence electrons. The van der Waals surface area contributed by atoms with Crippen LogP contribution in [0.1, 0.15) is 127 Å². The second-order valence-electron chi connectivity index (χ2n) is 13.4. The second kappa shape index (κ2) is 12.0. The van der Waals surface area contributed by atoms with Crippen LogP contribution >= 0.6 is 0 Å². The molecule has 1 rings (SSSR count). The Morgan fingerprint density at radius 2 is 1.30 bits per heavy atom. The van der Waals surface area contributed by atoms with Crippen molar-refractivity contribution in [3.05, 3.63) is 0 Å². The molecule has 1 atom stereocenters. The first-order valence-corrected chi connectivity index (χ1v) is 12.8. The van der Waals surface area contributed by atoms with Crippen molar-refractivity contribution in [2.24, 2.45) is 28.1 Å². The van der Waals surface area contributed by atoms with E-state index in [9.17, 15) is 9.59 Å². The summed E-state index contributed by atoms with van der Waals surface area (Å²) in [7, 11) is 0. The Bertz CT molecular complexity index is 620. The third-order valence-corrected chi connectivity index (χ3v) is 6.31. The Hall–Kier alpha value is -1.14. The largest absolute Gasteiger partial charge is 0.420 e. The van der Waals surface area contributed by atoms with Crippen LogP contribution in [-0.2, 0) is 29.1 Å². The fraction of sp³-hybridized carbons (Fsp3) is 0.926. The van der Waals surface area contributed by atoms with Crippen LogP contribution in [0, 0.1) is 28.1 Å². The van der Waals surface area contributed by atoms with E-state index in [1.54, 1.807) is 0 Å². The summed E-state index contributed by atoms with van der Waals surface area (Å²) in [5.74, 6) is -2.62. The topological polar surface area (TPSA) is 77.7 Å². The van der Waals surface area contributed by atoms with E-state index in [4.69, 9.17) is 19.6 Å². The highest BCUT2D eigenvalue weighted by atomic mass is 17.4. The van der Waals surface area contributed by atoms with Gasteiger partial charge in [0.1, 0.15) is 0 Å². The van der Waals surface area contributed by atoms with Crippen molar-refractivity contribution in [2.75, 3.05) is 0 Å². The van der Waals surface area contributed by atoms with Crippen LogP contribution in [-0.4, -0.2) is 17.7 Å². The highest BCUT2D eigenvalue weighted by molar-refractivity contribution is 5.80. The van der Waals surface area contributed by atoms with E-state index in [1.807, 2.05) is 0 Å². The van der Waals surface area contributed by atoms with E-state index >= 15 is 0 Å². The van der Waals surface area contributed by atoms with Crippen LogP contribution in [0.15, 0.2) is 0 Å². The molecule has 1 saturated heterocycles. The van der Waals surface area contributed by atoms with Crippen molar-refractivity contribution >= 4 is 11.9 Å². The molecule has 0 aromatic heterocycles. The van der Waals surface area contributed by atoms with Gasteiger partial charge in [0.25, 0.3) is 0 Å². The summed E-state index contributed by atoms with van der Waals surface area (Å²) >= 11 is 0. The van der Waals surface area contributed by atoms with Crippen molar-refractivity contribution in [2.45, 2.75) is 133 Å². The Morgan fingerprint density at radius 1 is 0.788 bits per heavy atom. The summed E-state index contributed by atoms with van der Waals surface area (Å²) in [5, 5.41) is 0. The van der Waals surface area contributed by atoms with Crippen LogP contribution in [0.25, 0.3) is 0 Å². The molecule has 0 bridgehead atoms. The van der Waals surface area contributed by atoms with Gasteiger partial charge < -0.3 is 0 Å². The molecule has 33 heavy (non-hydrogen) atoms. The predicted molar refractivity (Wildman–Crippen MR) is 130 cm³/mol. The maximum atomic E-state index is 13.0. The SMILES string of the molecule is CC(C)CC(C)(C)C(CCCCC(C)(C)C)C(=O)OOC(=O)C1(CCCCC(C)(C)C)OO1. The molecule has 0 aliphatic carbocycles. The molecule has 0 aromatic rings. The molecule has 1 heterocycles. The van der Waals surface area contributed by atoms with Crippen LogP contribution < -0.4 is 0 Å². The number of rotatable bonds is 13. The van der Waals surface area contributed by atoms with Gasteiger partial charge in [-0.05, 0) is 54.3 Å². The van der Waals surface area contributed by atoms with Gasteiger partial charge in [0.2, 0.25) is 0 Å². The minimum atomic E-state index is -1.42. The zero-order chi connectivity index (χ0) is 25.5. The fourth-order valence-corrected chi connectivity index (χ4v) is 4.54. The fourth-order valence-electron chi connectivity index (χ4n) is 4.54. The predicted octanol–water partition coefficient (Wildman–Crippen LogP) is 7.55. The molecule has 0 aromatic carbocycles. The quantitative estimate of drug-likeness (QED) is 0.120. The van der Waals surface area contributed by atoms with E-state index in [0.717, 1.165) is 44.9 Å². The second-order valence-corrected chi connectivity index (χ2v) is 13.4. The Balaban J connectivity index is 2.63. The molecule has 0 radical (unpaired) electrons. The van der Waals surface area contributed by atoms with Crippen molar-refractivity contribution in [1.82, 2.24) is 0 Å². The first kappa shape index (κ1) is 29.9. The summed E-state index contributed by atoms with van der Waals surface area (Å²) in [6, 6.07) is 0. The van der Waals surface area contributed by atoms with Gasteiger partial charge in [0.15, 0.2) is 0 Å². The first-order valence-electron chi connectivity index (χ1n) is 12.8. The van der Waals surface area contributed by atoms with Crippen molar-refractivity contribution in [3.8, 4) is 0 Å². The van der Waals surface area contributed by atoms with Crippen molar-refractivity contribution < 1.29 is 29.1 Å². The van der Waals surface area contributed by atoms with Gasteiger partial charge in [-0.3, -0.25) is 0 Å². The zero-order valence-corrected chi connectivity index (χ0v) is 23.0. The summed E-state index contributed by atoms with van der Waals surface area (Å²) in [6.45, 7) is 21.7. The lowest BCUT2D eigenvalue weighted by Gasteiger charge is -2.34. The van der Waals surface area contributed by atoms with E-state index in [2.05, 4.69) is 69.2 Å². The van der Waals surface area contributed by atoms with Gasteiger partial charge in [0, 0.05) is 6.42 Å².